The highest BCUT2D eigenvalue weighted by atomic mass is 35.5. The SMILES string of the molecule is O=C(Cc1ccc(Cl)c(Cl)c1)Cc1ccc2c(c1)CCC2. The van der Waals surface area contributed by atoms with Gasteiger partial charge in [-0.2, -0.15) is 0 Å². The fourth-order valence-electron chi connectivity index (χ4n) is 2.90. The Morgan fingerprint density at radius 3 is 2.29 bits per heavy atom. The van der Waals surface area contributed by atoms with Crippen LogP contribution >= 0.6 is 23.2 Å². The van der Waals surface area contributed by atoms with E-state index in [-0.39, 0.29) is 5.78 Å². The highest BCUT2D eigenvalue weighted by Gasteiger charge is 2.12. The molecule has 0 N–H and O–H groups in total. The van der Waals surface area contributed by atoms with Crippen LogP contribution in [0.15, 0.2) is 36.4 Å². The van der Waals surface area contributed by atoms with Crippen LogP contribution in [0.3, 0.4) is 0 Å². The number of rotatable bonds is 4. The Labute approximate surface area is 134 Å². The zero-order valence-electron chi connectivity index (χ0n) is 11.7. The van der Waals surface area contributed by atoms with Crippen LogP contribution in [0.4, 0.5) is 0 Å². The largest absolute Gasteiger partial charge is 0.299 e. The second-order valence-corrected chi connectivity index (χ2v) is 6.41. The van der Waals surface area contributed by atoms with Gasteiger partial charge in [0, 0.05) is 12.8 Å². The van der Waals surface area contributed by atoms with Gasteiger partial charge in [0.05, 0.1) is 10.0 Å². The maximum absolute atomic E-state index is 12.2. The lowest BCUT2D eigenvalue weighted by molar-refractivity contribution is -0.117. The molecule has 0 saturated heterocycles. The van der Waals surface area contributed by atoms with Crippen molar-refractivity contribution in [2.45, 2.75) is 32.1 Å². The summed E-state index contributed by atoms with van der Waals surface area (Å²) in [6, 6.07) is 11.8. The van der Waals surface area contributed by atoms with Gasteiger partial charge in [-0.05, 0) is 53.6 Å². The minimum Gasteiger partial charge on any atom is -0.299 e. The van der Waals surface area contributed by atoms with E-state index in [1.165, 1.54) is 24.0 Å². The fourth-order valence-corrected chi connectivity index (χ4v) is 3.22. The van der Waals surface area contributed by atoms with Crippen LogP contribution in [0, 0.1) is 0 Å². The third-order valence-corrected chi connectivity index (χ3v) is 4.69. The van der Waals surface area contributed by atoms with Crippen LogP contribution in [0.25, 0.3) is 0 Å². The van der Waals surface area contributed by atoms with Crippen LogP contribution in [0.2, 0.25) is 10.0 Å². The number of aryl methyl sites for hydroxylation is 2. The number of hydrogen-bond acceptors (Lipinski definition) is 1. The average Bonchev–Trinajstić information content (AvgIpc) is 2.90. The number of benzene rings is 2. The summed E-state index contributed by atoms with van der Waals surface area (Å²) in [5.41, 5.74) is 4.88. The van der Waals surface area contributed by atoms with Crippen molar-refractivity contribution in [3.05, 3.63) is 68.7 Å². The van der Waals surface area contributed by atoms with Crippen molar-refractivity contribution in [3.63, 3.8) is 0 Å². The van der Waals surface area contributed by atoms with Crippen LogP contribution in [-0.2, 0) is 30.5 Å². The summed E-state index contributed by atoms with van der Waals surface area (Å²) >= 11 is 11.9. The number of carbonyl (C=O) groups is 1. The number of hydrogen-bond donors (Lipinski definition) is 0. The van der Waals surface area contributed by atoms with Crippen LogP contribution in [0.1, 0.15) is 28.7 Å². The molecule has 0 fully saturated rings. The molecule has 2 aromatic carbocycles. The molecular weight excluding hydrogens is 303 g/mol. The van der Waals surface area contributed by atoms with Crippen LogP contribution < -0.4 is 0 Å². The molecule has 21 heavy (non-hydrogen) atoms. The lowest BCUT2D eigenvalue weighted by Crippen LogP contribution is -2.07. The van der Waals surface area contributed by atoms with E-state index < -0.39 is 0 Å². The lowest BCUT2D eigenvalue weighted by atomic mass is 9.99. The summed E-state index contributed by atoms with van der Waals surface area (Å²) in [5.74, 6) is 0.200. The summed E-state index contributed by atoms with van der Waals surface area (Å²) in [7, 11) is 0. The maximum atomic E-state index is 12.2. The molecule has 0 radical (unpaired) electrons. The first-order valence-corrected chi connectivity index (χ1v) is 7.94. The zero-order chi connectivity index (χ0) is 14.8. The van der Waals surface area contributed by atoms with Gasteiger partial charge < -0.3 is 0 Å². The van der Waals surface area contributed by atoms with Crippen LogP contribution in [0.5, 0.6) is 0 Å². The Morgan fingerprint density at radius 2 is 1.52 bits per heavy atom. The van der Waals surface area contributed by atoms with Gasteiger partial charge >= 0.3 is 0 Å². The van der Waals surface area contributed by atoms with E-state index in [0.717, 1.165) is 17.5 Å². The van der Waals surface area contributed by atoms with E-state index in [2.05, 4.69) is 18.2 Å². The second-order valence-electron chi connectivity index (χ2n) is 5.60. The summed E-state index contributed by atoms with van der Waals surface area (Å²) in [4.78, 5) is 12.2. The van der Waals surface area contributed by atoms with Crippen molar-refractivity contribution in [2.75, 3.05) is 0 Å². The Bertz CT molecular complexity index is 692. The first-order chi connectivity index (χ1) is 10.1. The number of halogens is 2. The van der Waals surface area contributed by atoms with Gasteiger partial charge in [-0.15, -0.1) is 0 Å². The molecule has 0 heterocycles. The maximum Gasteiger partial charge on any atom is 0.141 e. The standard InChI is InChI=1S/C18H16Cl2O/c19-17-7-5-13(11-18(17)20)10-16(21)9-12-4-6-14-2-1-3-15(14)8-12/h4-8,11H,1-3,9-10H2. The number of ketones is 1. The smallest absolute Gasteiger partial charge is 0.141 e. The molecule has 3 rings (SSSR count). The fraction of sp³-hybridized carbons (Fsp3) is 0.278. The Morgan fingerprint density at radius 1 is 0.857 bits per heavy atom. The van der Waals surface area contributed by atoms with E-state index in [1.807, 2.05) is 6.07 Å². The van der Waals surface area contributed by atoms with E-state index >= 15 is 0 Å². The minimum atomic E-state index is 0.200. The summed E-state index contributed by atoms with van der Waals surface area (Å²) < 4.78 is 0. The third-order valence-electron chi connectivity index (χ3n) is 3.95. The predicted octanol–water partition coefficient (Wildman–Crippen LogP) is 4.84. The van der Waals surface area contributed by atoms with Gasteiger partial charge in [-0.25, -0.2) is 0 Å². The molecule has 0 aliphatic heterocycles. The predicted molar refractivity (Wildman–Crippen MR) is 87.3 cm³/mol. The van der Waals surface area contributed by atoms with Gasteiger partial charge in [0.2, 0.25) is 0 Å². The lowest BCUT2D eigenvalue weighted by Gasteiger charge is -2.06. The Hall–Kier alpha value is -1.31. The van der Waals surface area contributed by atoms with Gasteiger partial charge in [0.25, 0.3) is 0 Å². The van der Waals surface area contributed by atoms with Crippen molar-refractivity contribution >= 4 is 29.0 Å². The van der Waals surface area contributed by atoms with Gasteiger partial charge in [0.15, 0.2) is 0 Å². The minimum absolute atomic E-state index is 0.200. The molecule has 0 spiro atoms. The zero-order valence-corrected chi connectivity index (χ0v) is 13.2. The first-order valence-electron chi connectivity index (χ1n) is 7.18. The summed E-state index contributed by atoms with van der Waals surface area (Å²) in [6.07, 6.45) is 4.43. The van der Waals surface area contributed by atoms with E-state index in [0.29, 0.717) is 22.9 Å². The number of fused-ring (bicyclic) bond motifs is 1. The van der Waals surface area contributed by atoms with Crippen LogP contribution in [-0.4, -0.2) is 5.78 Å². The monoisotopic (exact) mass is 318 g/mol. The molecule has 1 aliphatic carbocycles. The molecule has 0 saturated carbocycles. The molecule has 0 bridgehead atoms. The van der Waals surface area contributed by atoms with E-state index in [9.17, 15) is 4.79 Å². The van der Waals surface area contributed by atoms with Crippen molar-refractivity contribution in [1.82, 2.24) is 0 Å². The van der Waals surface area contributed by atoms with Gasteiger partial charge in [-0.3, -0.25) is 4.79 Å². The second kappa shape index (κ2) is 6.21. The average molecular weight is 319 g/mol. The van der Waals surface area contributed by atoms with Gasteiger partial charge in [0.1, 0.15) is 5.78 Å². The molecule has 0 unspecified atom stereocenters. The molecule has 0 aromatic heterocycles. The van der Waals surface area contributed by atoms with Gasteiger partial charge in [-0.1, -0.05) is 47.5 Å². The quantitative estimate of drug-likeness (QED) is 0.788. The normalized spacial score (nSPS) is 13.2. The molecule has 0 atom stereocenters. The first kappa shape index (κ1) is 14.6. The molecule has 1 aliphatic rings. The molecule has 2 aromatic rings. The molecule has 108 valence electrons. The molecule has 3 heteroatoms. The highest BCUT2D eigenvalue weighted by molar-refractivity contribution is 6.42. The highest BCUT2D eigenvalue weighted by Crippen LogP contribution is 2.24. The van der Waals surface area contributed by atoms with Crippen molar-refractivity contribution < 1.29 is 4.79 Å². The summed E-state index contributed by atoms with van der Waals surface area (Å²) in [5, 5.41) is 1.02. The molecular formula is C18H16Cl2O. The third kappa shape index (κ3) is 3.48. The van der Waals surface area contributed by atoms with Crippen molar-refractivity contribution in [2.24, 2.45) is 0 Å². The summed E-state index contributed by atoms with van der Waals surface area (Å²) in [6.45, 7) is 0. The number of Topliss-reactive ketones (excluding diaryl/α,β-unsaturated/α-hetero) is 1. The molecule has 1 nitrogen and oxygen atoms in total. The van der Waals surface area contributed by atoms with E-state index in [4.69, 9.17) is 23.2 Å². The van der Waals surface area contributed by atoms with Crippen molar-refractivity contribution in [1.29, 1.82) is 0 Å². The number of carbonyl (C=O) groups excluding carboxylic acids is 1. The molecule has 0 amide bonds. The van der Waals surface area contributed by atoms with E-state index in [1.54, 1.807) is 12.1 Å². The topological polar surface area (TPSA) is 17.1 Å². The Kier molecular flexibility index (Phi) is 4.32. The van der Waals surface area contributed by atoms with Crippen molar-refractivity contribution in [3.8, 4) is 0 Å². The Balaban J connectivity index is 1.67.